The van der Waals surface area contributed by atoms with E-state index in [4.69, 9.17) is 16.3 Å². The van der Waals surface area contributed by atoms with Gasteiger partial charge in [0.25, 0.3) is 0 Å². The van der Waals surface area contributed by atoms with E-state index in [0.29, 0.717) is 11.6 Å². The minimum atomic E-state index is -0.00239. The van der Waals surface area contributed by atoms with Crippen LogP contribution in [0, 0.1) is 0 Å². The molecule has 1 aromatic carbocycles. The Kier molecular flexibility index (Phi) is 4.37. The first-order chi connectivity index (χ1) is 7.13. The van der Waals surface area contributed by atoms with Crippen molar-refractivity contribution in [2.24, 2.45) is 0 Å². The molecule has 0 N–H and O–H groups in total. The zero-order chi connectivity index (χ0) is 11.3. The number of hydrogen-bond donors (Lipinski definition) is 0. The normalized spacial score (nSPS) is 10.6. The van der Waals surface area contributed by atoms with E-state index in [1.54, 1.807) is 24.3 Å². The molecular weight excluding hydrogens is 212 g/mol. The predicted molar refractivity (Wildman–Crippen MR) is 62.3 cm³/mol. The minimum Gasteiger partial charge on any atom is -0.493 e. The molecule has 80 valence electrons. The SMILES string of the molecule is CCOc1ccc(Cl)cc1/C=C/C(C)=O. The highest BCUT2D eigenvalue weighted by molar-refractivity contribution is 6.30. The van der Waals surface area contributed by atoms with Crippen LogP contribution in [-0.2, 0) is 4.79 Å². The molecule has 0 aliphatic carbocycles. The first kappa shape index (κ1) is 11.8. The number of ketones is 1. The molecule has 0 atom stereocenters. The molecule has 0 amide bonds. The van der Waals surface area contributed by atoms with Gasteiger partial charge in [-0.25, -0.2) is 0 Å². The molecule has 0 saturated heterocycles. The summed E-state index contributed by atoms with van der Waals surface area (Å²) in [5, 5.41) is 0.627. The van der Waals surface area contributed by atoms with Crippen molar-refractivity contribution >= 4 is 23.5 Å². The summed E-state index contributed by atoms with van der Waals surface area (Å²) >= 11 is 5.86. The van der Waals surface area contributed by atoms with Gasteiger partial charge in [-0.15, -0.1) is 0 Å². The largest absolute Gasteiger partial charge is 0.493 e. The number of rotatable bonds is 4. The van der Waals surface area contributed by atoms with E-state index >= 15 is 0 Å². The summed E-state index contributed by atoms with van der Waals surface area (Å²) in [6.07, 6.45) is 3.20. The first-order valence-corrected chi connectivity index (χ1v) is 5.12. The van der Waals surface area contributed by atoms with Crippen molar-refractivity contribution in [3.63, 3.8) is 0 Å². The Morgan fingerprint density at radius 3 is 2.87 bits per heavy atom. The van der Waals surface area contributed by atoms with Crippen molar-refractivity contribution in [2.75, 3.05) is 6.61 Å². The van der Waals surface area contributed by atoms with Gasteiger partial charge in [0, 0.05) is 10.6 Å². The molecule has 0 saturated carbocycles. The highest BCUT2D eigenvalue weighted by atomic mass is 35.5. The molecule has 0 fully saturated rings. The van der Waals surface area contributed by atoms with Crippen molar-refractivity contribution in [2.45, 2.75) is 13.8 Å². The highest BCUT2D eigenvalue weighted by Crippen LogP contribution is 2.24. The quantitative estimate of drug-likeness (QED) is 0.734. The number of carbonyl (C=O) groups is 1. The Morgan fingerprint density at radius 1 is 1.53 bits per heavy atom. The van der Waals surface area contributed by atoms with E-state index in [0.717, 1.165) is 11.3 Å². The van der Waals surface area contributed by atoms with E-state index in [1.807, 2.05) is 6.92 Å². The lowest BCUT2D eigenvalue weighted by Gasteiger charge is -2.06. The summed E-state index contributed by atoms with van der Waals surface area (Å²) in [6.45, 7) is 4.00. The third kappa shape index (κ3) is 3.76. The van der Waals surface area contributed by atoms with Gasteiger partial charge in [0.1, 0.15) is 5.75 Å². The second-order valence-corrected chi connectivity index (χ2v) is 3.50. The minimum absolute atomic E-state index is 0.00239. The fourth-order valence-electron chi connectivity index (χ4n) is 1.14. The van der Waals surface area contributed by atoms with E-state index in [-0.39, 0.29) is 5.78 Å². The molecule has 0 aromatic heterocycles. The Hall–Kier alpha value is -1.28. The van der Waals surface area contributed by atoms with E-state index in [9.17, 15) is 4.79 Å². The molecule has 0 aliphatic heterocycles. The molecule has 0 radical (unpaired) electrons. The van der Waals surface area contributed by atoms with Crippen LogP contribution in [0.1, 0.15) is 19.4 Å². The van der Waals surface area contributed by atoms with E-state index in [2.05, 4.69) is 0 Å². The number of ether oxygens (including phenoxy) is 1. The van der Waals surface area contributed by atoms with Crippen LogP contribution in [0.5, 0.6) is 5.75 Å². The Morgan fingerprint density at radius 2 is 2.27 bits per heavy atom. The van der Waals surface area contributed by atoms with E-state index in [1.165, 1.54) is 13.0 Å². The van der Waals surface area contributed by atoms with Crippen LogP contribution < -0.4 is 4.74 Å². The number of hydrogen-bond acceptors (Lipinski definition) is 2. The Labute approximate surface area is 94.5 Å². The van der Waals surface area contributed by atoms with Crippen molar-refractivity contribution in [3.8, 4) is 5.75 Å². The molecule has 0 spiro atoms. The zero-order valence-electron chi connectivity index (χ0n) is 8.79. The average molecular weight is 225 g/mol. The summed E-state index contributed by atoms with van der Waals surface area (Å²) in [5.74, 6) is 0.733. The predicted octanol–water partition coefficient (Wildman–Crippen LogP) is 3.34. The molecular formula is C12H13ClO2. The number of benzene rings is 1. The number of allylic oxidation sites excluding steroid dienone is 1. The van der Waals surface area contributed by atoms with Crippen LogP contribution in [0.25, 0.3) is 6.08 Å². The smallest absolute Gasteiger partial charge is 0.152 e. The van der Waals surface area contributed by atoms with Crippen LogP contribution in [0.3, 0.4) is 0 Å². The highest BCUT2D eigenvalue weighted by Gasteiger charge is 2.01. The summed E-state index contributed by atoms with van der Waals surface area (Å²) in [7, 11) is 0. The first-order valence-electron chi connectivity index (χ1n) is 4.74. The van der Waals surface area contributed by atoms with Crippen molar-refractivity contribution in [1.82, 2.24) is 0 Å². The molecule has 3 heteroatoms. The van der Waals surface area contributed by atoms with Gasteiger partial charge in [-0.3, -0.25) is 4.79 Å². The van der Waals surface area contributed by atoms with Gasteiger partial charge in [0.2, 0.25) is 0 Å². The topological polar surface area (TPSA) is 26.3 Å². The van der Waals surface area contributed by atoms with E-state index < -0.39 is 0 Å². The maximum absolute atomic E-state index is 10.8. The lowest BCUT2D eigenvalue weighted by atomic mass is 10.1. The second-order valence-electron chi connectivity index (χ2n) is 3.06. The molecule has 0 unspecified atom stereocenters. The maximum Gasteiger partial charge on any atom is 0.152 e. The summed E-state index contributed by atoms with van der Waals surface area (Å²) in [5.41, 5.74) is 0.819. The van der Waals surface area contributed by atoms with Crippen molar-refractivity contribution < 1.29 is 9.53 Å². The molecule has 0 heterocycles. The van der Waals surface area contributed by atoms with Gasteiger partial charge >= 0.3 is 0 Å². The molecule has 1 aromatic rings. The van der Waals surface area contributed by atoms with Crippen LogP contribution >= 0.6 is 11.6 Å². The van der Waals surface area contributed by atoms with Crippen LogP contribution in [0.4, 0.5) is 0 Å². The van der Waals surface area contributed by atoms with Crippen LogP contribution in [0.2, 0.25) is 5.02 Å². The summed E-state index contributed by atoms with van der Waals surface area (Å²) < 4.78 is 5.40. The summed E-state index contributed by atoms with van der Waals surface area (Å²) in [6, 6.07) is 5.33. The molecule has 0 bridgehead atoms. The maximum atomic E-state index is 10.8. The van der Waals surface area contributed by atoms with Crippen molar-refractivity contribution in [3.05, 3.63) is 34.9 Å². The Bertz CT molecular complexity index is 383. The third-order valence-corrected chi connectivity index (χ3v) is 2.00. The Balaban J connectivity index is 3.01. The standard InChI is InChI=1S/C12H13ClO2/c1-3-15-12-7-6-11(13)8-10(12)5-4-9(2)14/h4-8H,3H2,1-2H3/b5-4+. The fraction of sp³-hybridized carbons (Fsp3) is 0.250. The lowest BCUT2D eigenvalue weighted by molar-refractivity contribution is -0.112. The van der Waals surface area contributed by atoms with Crippen LogP contribution in [-0.4, -0.2) is 12.4 Å². The van der Waals surface area contributed by atoms with Gasteiger partial charge in [0.15, 0.2) is 5.78 Å². The van der Waals surface area contributed by atoms with Gasteiger partial charge in [-0.1, -0.05) is 11.6 Å². The fourth-order valence-corrected chi connectivity index (χ4v) is 1.32. The number of carbonyl (C=O) groups excluding carboxylic acids is 1. The monoisotopic (exact) mass is 224 g/mol. The van der Waals surface area contributed by atoms with Gasteiger partial charge < -0.3 is 4.74 Å². The third-order valence-electron chi connectivity index (χ3n) is 1.77. The van der Waals surface area contributed by atoms with Crippen molar-refractivity contribution in [1.29, 1.82) is 0 Å². The lowest BCUT2D eigenvalue weighted by Crippen LogP contribution is -1.93. The molecule has 15 heavy (non-hydrogen) atoms. The van der Waals surface area contributed by atoms with Gasteiger partial charge in [0.05, 0.1) is 6.61 Å². The van der Waals surface area contributed by atoms with Crippen LogP contribution in [0.15, 0.2) is 24.3 Å². The second kappa shape index (κ2) is 5.56. The van der Waals surface area contributed by atoms with Gasteiger partial charge in [-0.2, -0.15) is 0 Å². The molecule has 0 aliphatic rings. The summed E-state index contributed by atoms with van der Waals surface area (Å²) in [4.78, 5) is 10.8. The average Bonchev–Trinajstić information content (AvgIpc) is 2.18. The molecule has 2 nitrogen and oxygen atoms in total. The van der Waals surface area contributed by atoms with Gasteiger partial charge in [-0.05, 0) is 44.2 Å². The number of halogens is 1. The molecule has 1 rings (SSSR count). The zero-order valence-corrected chi connectivity index (χ0v) is 9.54.